The van der Waals surface area contributed by atoms with Crippen molar-refractivity contribution in [2.45, 2.75) is 13.3 Å². The van der Waals surface area contributed by atoms with E-state index in [0.29, 0.717) is 13.0 Å². The number of hydrogen-bond donors (Lipinski definition) is 1. The van der Waals surface area contributed by atoms with Crippen molar-refractivity contribution in [1.82, 2.24) is 0 Å². The predicted octanol–water partition coefficient (Wildman–Crippen LogP) is 1.59. The second kappa shape index (κ2) is 6.25. The molecule has 0 amide bonds. The zero-order chi connectivity index (χ0) is 12.7. The SMILES string of the molecule is COC(=O)C(C)(CN)CCOc1ccccc1. The van der Waals surface area contributed by atoms with E-state index >= 15 is 0 Å². The molecule has 4 nitrogen and oxygen atoms in total. The lowest BCUT2D eigenvalue weighted by Gasteiger charge is -2.24. The lowest BCUT2D eigenvalue weighted by Crippen LogP contribution is -2.38. The maximum atomic E-state index is 11.5. The highest BCUT2D eigenvalue weighted by Crippen LogP contribution is 2.22. The van der Waals surface area contributed by atoms with Crippen molar-refractivity contribution in [1.29, 1.82) is 0 Å². The molecule has 4 heteroatoms. The van der Waals surface area contributed by atoms with Gasteiger partial charge in [0.05, 0.1) is 19.1 Å². The number of esters is 1. The normalized spacial score (nSPS) is 13.8. The van der Waals surface area contributed by atoms with Crippen LogP contribution in [-0.2, 0) is 9.53 Å². The fourth-order valence-corrected chi connectivity index (χ4v) is 1.44. The van der Waals surface area contributed by atoms with Gasteiger partial charge in [-0.15, -0.1) is 0 Å². The molecule has 0 aliphatic rings. The Morgan fingerprint density at radius 1 is 1.35 bits per heavy atom. The molecule has 1 unspecified atom stereocenters. The first-order valence-corrected chi connectivity index (χ1v) is 5.59. The average Bonchev–Trinajstić information content (AvgIpc) is 2.38. The number of ether oxygens (including phenoxy) is 2. The van der Waals surface area contributed by atoms with Crippen molar-refractivity contribution in [2.24, 2.45) is 11.1 Å². The molecule has 1 atom stereocenters. The van der Waals surface area contributed by atoms with Crippen molar-refractivity contribution in [3.05, 3.63) is 30.3 Å². The highest BCUT2D eigenvalue weighted by Gasteiger charge is 2.32. The van der Waals surface area contributed by atoms with E-state index in [2.05, 4.69) is 0 Å². The first kappa shape index (κ1) is 13.5. The molecule has 0 radical (unpaired) electrons. The number of rotatable bonds is 6. The van der Waals surface area contributed by atoms with E-state index in [1.165, 1.54) is 7.11 Å². The van der Waals surface area contributed by atoms with Gasteiger partial charge >= 0.3 is 5.97 Å². The van der Waals surface area contributed by atoms with Crippen LogP contribution in [-0.4, -0.2) is 26.2 Å². The van der Waals surface area contributed by atoms with Gasteiger partial charge in [0.1, 0.15) is 5.75 Å². The van der Waals surface area contributed by atoms with E-state index < -0.39 is 5.41 Å². The predicted molar refractivity (Wildman–Crippen MR) is 65.7 cm³/mol. The van der Waals surface area contributed by atoms with Crippen LogP contribution in [0.4, 0.5) is 0 Å². The molecule has 0 fully saturated rings. The summed E-state index contributed by atoms with van der Waals surface area (Å²) in [6.45, 7) is 2.47. The first-order valence-electron chi connectivity index (χ1n) is 5.59. The molecule has 1 aromatic carbocycles. The lowest BCUT2D eigenvalue weighted by molar-refractivity contribution is -0.151. The highest BCUT2D eigenvalue weighted by atomic mass is 16.5. The molecule has 0 bridgehead atoms. The van der Waals surface area contributed by atoms with Gasteiger partial charge in [-0.1, -0.05) is 18.2 Å². The van der Waals surface area contributed by atoms with Gasteiger partial charge in [0.15, 0.2) is 0 Å². The van der Waals surface area contributed by atoms with E-state index in [1.807, 2.05) is 30.3 Å². The minimum Gasteiger partial charge on any atom is -0.494 e. The Kier molecular flexibility index (Phi) is 4.97. The fourth-order valence-electron chi connectivity index (χ4n) is 1.44. The topological polar surface area (TPSA) is 61.5 Å². The maximum absolute atomic E-state index is 11.5. The van der Waals surface area contributed by atoms with Crippen molar-refractivity contribution in [3.63, 3.8) is 0 Å². The van der Waals surface area contributed by atoms with Crippen LogP contribution in [0.3, 0.4) is 0 Å². The molecule has 0 saturated carbocycles. The van der Waals surface area contributed by atoms with Crippen LogP contribution in [0.2, 0.25) is 0 Å². The molecule has 0 aromatic heterocycles. The van der Waals surface area contributed by atoms with Crippen molar-refractivity contribution >= 4 is 5.97 Å². The Hall–Kier alpha value is -1.55. The van der Waals surface area contributed by atoms with E-state index in [9.17, 15) is 4.79 Å². The summed E-state index contributed by atoms with van der Waals surface area (Å²) in [4.78, 5) is 11.5. The van der Waals surface area contributed by atoms with Gasteiger partial charge < -0.3 is 15.2 Å². The van der Waals surface area contributed by atoms with Crippen LogP contribution in [0.1, 0.15) is 13.3 Å². The summed E-state index contributed by atoms with van der Waals surface area (Å²) in [5.74, 6) is 0.494. The van der Waals surface area contributed by atoms with E-state index in [-0.39, 0.29) is 12.5 Å². The summed E-state index contributed by atoms with van der Waals surface area (Å²) in [7, 11) is 1.37. The van der Waals surface area contributed by atoms with Gasteiger partial charge in [-0.05, 0) is 25.5 Å². The molecule has 17 heavy (non-hydrogen) atoms. The zero-order valence-electron chi connectivity index (χ0n) is 10.3. The van der Waals surface area contributed by atoms with Crippen molar-refractivity contribution in [2.75, 3.05) is 20.3 Å². The molecule has 0 aliphatic carbocycles. The zero-order valence-corrected chi connectivity index (χ0v) is 10.3. The van der Waals surface area contributed by atoms with Gasteiger partial charge in [-0.2, -0.15) is 0 Å². The summed E-state index contributed by atoms with van der Waals surface area (Å²) in [6.07, 6.45) is 0.533. The Morgan fingerprint density at radius 2 is 2.00 bits per heavy atom. The molecule has 1 rings (SSSR count). The monoisotopic (exact) mass is 237 g/mol. The summed E-state index contributed by atoms with van der Waals surface area (Å²) < 4.78 is 10.3. The van der Waals surface area contributed by atoms with Crippen LogP contribution in [0.5, 0.6) is 5.75 Å². The lowest BCUT2D eigenvalue weighted by atomic mass is 9.87. The molecule has 94 valence electrons. The highest BCUT2D eigenvalue weighted by molar-refractivity contribution is 5.76. The Balaban J connectivity index is 2.46. The fraction of sp³-hybridized carbons (Fsp3) is 0.462. The Morgan fingerprint density at radius 3 is 2.53 bits per heavy atom. The van der Waals surface area contributed by atoms with Crippen LogP contribution in [0.15, 0.2) is 30.3 Å². The number of benzene rings is 1. The number of carbonyl (C=O) groups is 1. The van der Waals surface area contributed by atoms with Crippen molar-refractivity contribution < 1.29 is 14.3 Å². The second-order valence-corrected chi connectivity index (χ2v) is 4.17. The molecule has 0 saturated heterocycles. The summed E-state index contributed by atoms with van der Waals surface area (Å²) >= 11 is 0. The molecule has 0 heterocycles. The Bertz CT molecular complexity index is 353. The minimum atomic E-state index is -0.677. The molecule has 2 N–H and O–H groups in total. The number of nitrogens with two attached hydrogens (primary N) is 1. The number of hydrogen-bond acceptors (Lipinski definition) is 4. The minimum absolute atomic E-state index is 0.248. The number of carbonyl (C=O) groups excluding carboxylic acids is 1. The smallest absolute Gasteiger partial charge is 0.312 e. The Labute approximate surface area is 102 Å². The van der Waals surface area contributed by atoms with Gasteiger partial charge in [0.25, 0.3) is 0 Å². The molecule has 1 aromatic rings. The summed E-state index contributed by atoms with van der Waals surface area (Å²) in [5, 5.41) is 0. The van der Waals surface area contributed by atoms with Crippen molar-refractivity contribution in [3.8, 4) is 5.75 Å². The van der Waals surface area contributed by atoms with Crippen LogP contribution < -0.4 is 10.5 Å². The van der Waals surface area contributed by atoms with Crippen LogP contribution in [0, 0.1) is 5.41 Å². The number of methoxy groups -OCH3 is 1. The standard InChI is InChI=1S/C13H19NO3/c1-13(10-14,12(15)16-2)8-9-17-11-6-4-3-5-7-11/h3-7H,8-10,14H2,1-2H3. The van der Waals surface area contributed by atoms with E-state index in [4.69, 9.17) is 15.2 Å². The average molecular weight is 237 g/mol. The summed E-state index contributed by atoms with van der Waals surface area (Å²) in [6, 6.07) is 9.47. The first-order chi connectivity index (χ1) is 8.12. The van der Waals surface area contributed by atoms with Gasteiger partial charge in [-0.3, -0.25) is 4.79 Å². The quantitative estimate of drug-likeness (QED) is 0.763. The van der Waals surface area contributed by atoms with Gasteiger partial charge in [0, 0.05) is 6.54 Å². The van der Waals surface area contributed by atoms with E-state index in [1.54, 1.807) is 6.92 Å². The summed E-state index contributed by atoms with van der Waals surface area (Å²) in [5.41, 5.74) is 4.93. The van der Waals surface area contributed by atoms with E-state index in [0.717, 1.165) is 5.75 Å². The third-order valence-corrected chi connectivity index (χ3v) is 2.79. The van der Waals surface area contributed by atoms with Crippen LogP contribution >= 0.6 is 0 Å². The largest absolute Gasteiger partial charge is 0.494 e. The van der Waals surface area contributed by atoms with Gasteiger partial charge in [-0.25, -0.2) is 0 Å². The second-order valence-electron chi connectivity index (χ2n) is 4.17. The number of para-hydroxylation sites is 1. The third-order valence-electron chi connectivity index (χ3n) is 2.79. The molecular formula is C13H19NO3. The van der Waals surface area contributed by atoms with Gasteiger partial charge in [0.2, 0.25) is 0 Å². The van der Waals surface area contributed by atoms with Crippen LogP contribution in [0.25, 0.3) is 0 Å². The molecule has 0 spiro atoms. The maximum Gasteiger partial charge on any atom is 0.312 e. The molecule has 0 aliphatic heterocycles. The molecular weight excluding hydrogens is 218 g/mol. The third kappa shape index (κ3) is 3.75.